The predicted octanol–water partition coefficient (Wildman–Crippen LogP) is 2.78. The van der Waals surface area contributed by atoms with Crippen LogP contribution in [0.3, 0.4) is 0 Å². The highest BCUT2D eigenvalue weighted by Gasteiger charge is 1.90. The Morgan fingerprint density at radius 3 is 2.30 bits per heavy atom. The van der Waals surface area contributed by atoms with Crippen LogP contribution in [0.25, 0.3) is 0 Å². The van der Waals surface area contributed by atoms with Crippen molar-refractivity contribution in [3.8, 4) is 0 Å². The van der Waals surface area contributed by atoms with Crippen LogP contribution in [0.15, 0.2) is 24.3 Å². The summed E-state index contributed by atoms with van der Waals surface area (Å²) in [7, 11) is 0. The summed E-state index contributed by atoms with van der Waals surface area (Å²) in [6.07, 6.45) is 2.16. The smallest absolute Gasteiger partial charge is 0.123 e. The first-order valence-corrected chi connectivity index (χ1v) is 3.57. The van der Waals surface area contributed by atoms with E-state index < -0.39 is 0 Å². The van der Waals surface area contributed by atoms with Gasteiger partial charge in [0.15, 0.2) is 0 Å². The van der Waals surface area contributed by atoms with Crippen molar-refractivity contribution in [2.75, 3.05) is 0 Å². The third-order valence-corrected chi connectivity index (χ3v) is 1.45. The van der Waals surface area contributed by atoms with Crippen molar-refractivity contribution in [3.05, 3.63) is 35.6 Å². The van der Waals surface area contributed by atoms with Gasteiger partial charge >= 0.3 is 0 Å². The molecule has 0 aliphatic rings. The third kappa shape index (κ3) is 1.83. The first kappa shape index (κ1) is 7.26. The van der Waals surface area contributed by atoms with Crippen molar-refractivity contribution in [2.24, 2.45) is 0 Å². The highest BCUT2D eigenvalue weighted by Crippen LogP contribution is 2.04. The van der Waals surface area contributed by atoms with Crippen LogP contribution in [-0.2, 0) is 6.42 Å². The molecule has 0 radical (unpaired) electrons. The predicted molar refractivity (Wildman–Crippen MR) is 40.4 cm³/mol. The molecule has 1 aromatic carbocycles. The SMILES string of the molecule is CCCc1ccc([18F])cc1. The topological polar surface area (TPSA) is 0 Å². The molecular weight excluding hydrogens is 126 g/mol. The van der Waals surface area contributed by atoms with Gasteiger partial charge in [0.25, 0.3) is 0 Å². The highest BCUT2D eigenvalue weighted by atomic mass is 18.2. The molecule has 0 saturated heterocycles. The Morgan fingerprint density at radius 1 is 1.20 bits per heavy atom. The van der Waals surface area contributed by atoms with Crippen LogP contribution in [0.5, 0.6) is 0 Å². The Balaban J connectivity index is 2.69. The number of aryl methyl sites for hydroxylation is 1. The average molecular weight is 137 g/mol. The number of benzene rings is 1. The number of rotatable bonds is 2. The Bertz CT molecular complexity index is 188. The molecule has 0 aliphatic carbocycles. The van der Waals surface area contributed by atoms with Gasteiger partial charge in [-0.25, -0.2) is 4.39 Å². The number of halogens is 1. The Kier molecular flexibility index (Phi) is 2.43. The van der Waals surface area contributed by atoms with E-state index in [0.29, 0.717) is 0 Å². The van der Waals surface area contributed by atoms with Crippen molar-refractivity contribution in [2.45, 2.75) is 19.8 Å². The van der Waals surface area contributed by atoms with Gasteiger partial charge < -0.3 is 0 Å². The van der Waals surface area contributed by atoms with Crippen LogP contribution in [0.2, 0.25) is 0 Å². The van der Waals surface area contributed by atoms with Gasteiger partial charge in [-0.05, 0) is 24.1 Å². The summed E-state index contributed by atoms with van der Waals surface area (Å²) in [6.45, 7) is 2.11. The zero-order chi connectivity index (χ0) is 7.40. The van der Waals surface area contributed by atoms with Gasteiger partial charge in [-0.2, -0.15) is 0 Å². The van der Waals surface area contributed by atoms with Crippen molar-refractivity contribution in [3.63, 3.8) is 0 Å². The summed E-state index contributed by atoms with van der Waals surface area (Å²) in [4.78, 5) is 0. The second-order valence-electron chi connectivity index (χ2n) is 2.38. The molecule has 0 aliphatic heterocycles. The van der Waals surface area contributed by atoms with Gasteiger partial charge in [-0.15, -0.1) is 0 Å². The number of hydrogen-bond acceptors (Lipinski definition) is 0. The molecule has 0 atom stereocenters. The second kappa shape index (κ2) is 3.35. The Hall–Kier alpha value is -0.850. The molecule has 0 bridgehead atoms. The Morgan fingerprint density at radius 2 is 1.80 bits per heavy atom. The molecule has 10 heavy (non-hydrogen) atoms. The van der Waals surface area contributed by atoms with E-state index in [1.54, 1.807) is 0 Å². The van der Waals surface area contributed by atoms with Crippen LogP contribution in [0, 0.1) is 5.82 Å². The lowest BCUT2D eigenvalue weighted by atomic mass is 10.1. The fourth-order valence-corrected chi connectivity index (χ4v) is 0.940. The first-order chi connectivity index (χ1) is 4.83. The molecule has 0 spiro atoms. The molecule has 0 amide bonds. The number of hydrogen-bond donors (Lipinski definition) is 0. The maximum Gasteiger partial charge on any atom is 0.123 e. The third-order valence-electron chi connectivity index (χ3n) is 1.45. The molecular formula is C9H11F. The van der Waals surface area contributed by atoms with Gasteiger partial charge in [0, 0.05) is 0 Å². The van der Waals surface area contributed by atoms with Crippen molar-refractivity contribution in [1.82, 2.24) is 0 Å². The summed E-state index contributed by atoms with van der Waals surface area (Å²) in [5.41, 5.74) is 1.21. The lowest BCUT2D eigenvalue weighted by Crippen LogP contribution is -1.81. The molecule has 0 N–H and O–H groups in total. The molecule has 0 fully saturated rings. The minimum atomic E-state index is -0.153. The van der Waals surface area contributed by atoms with E-state index in [9.17, 15) is 4.39 Å². The molecule has 54 valence electrons. The van der Waals surface area contributed by atoms with Gasteiger partial charge in [-0.1, -0.05) is 25.5 Å². The van der Waals surface area contributed by atoms with E-state index in [2.05, 4.69) is 6.92 Å². The summed E-state index contributed by atoms with van der Waals surface area (Å²) in [5.74, 6) is -0.153. The van der Waals surface area contributed by atoms with Gasteiger partial charge in [0.05, 0.1) is 0 Å². The summed E-state index contributed by atoms with van der Waals surface area (Å²) in [6, 6.07) is 6.67. The van der Waals surface area contributed by atoms with Crippen LogP contribution in [-0.4, -0.2) is 0 Å². The minimum absolute atomic E-state index is 0.153. The van der Waals surface area contributed by atoms with Crippen LogP contribution >= 0.6 is 0 Å². The standard InChI is InChI=1S/C9H11F/c1-2-3-8-4-6-9(10)7-5-8/h4-7H,2-3H2,1H3/i10-1. The zero-order valence-electron chi connectivity index (χ0n) is 6.10. The molecule has 1 heteroatoms. The van der Waals surface area contributed by atoms with E-state index >= 15 is 0 Å². The molecule has 1 rings (SSSR count). The molecule has 0 aromatic heterocycles. The summed E-state index contributed by atoms with van der Waals surface area (Å²) < 4.78 is 12.3. The maximum absolute atomic E-state index is 12.3. The summed E-state index contributed by atoms with van der Waals surface area (Å²) >= 11 is 0. The van der Waals surface area contributed by atoms with Gasteiger partial charge in [0.1, 0.15) is 5.82 Å². The average Bonchev–Trinajstić information content (AvgIpc) is 1.95. The lowest BCUT2D eigenvalue weighted by Gasteiger charge is -1.95. The van der Waals surface area contributed by atoms with Crippen molar-refractivity contribution >= 4 is 0 Å². The summed E-state index contributed by atoms with van der Waals surface area (Å²) in [5, 5.41) is 0. The van der Waals surface area contributed by atoms with E-state index in [1.165, 1.54) is 17.7 Å². The second-order valence-corrected chi connectivity index (χ2v) is 2.38. The Labute approximate surface area is 60.7 Å². The maximum atomic E-state index is 12.3. The molecule has 0 heterocycles. The normalized spacial score (nSPS) is 9.80. The zero-order valence-corrected chi connectivity index (χ0v) is 6.10. The largest absolute Gasteiger partial charge is 0.207 e. The minimum Gasteiger partial charge on any atom is -0.207 e. The monoisotopic (exact) mass is 137 g/mol. The van der Waals surface area contributed by atoms with Crippen LogP contribution < -0.4 is 0 Å². The van der Waals surface area contributed by atoms with E-state index in [4.69, 9.17) is 0 Å². The van der Waals surface area contributed by atoms with Crippen molar-refractivity contribution in [1.29, 1.82) is 0 Å². The first-order valence-electron chi connectivity index (χ1n) is 3.57. The lowest BCUT2D eigenvalue weighted by molar-refractivity contribution is 0.627. The van der Waals surface area contributed by atoms with Gasteiger partial charge in [0.2, 0.25) is 0 Å². The molecule has 0 nitrogen and oxygen atoms in total. The molecule has 0 saturated carbocycles. The van der Waals surface area contributed by atoms with Gasteiger partial charge in [-0.3, -0.25) is 0 Å². The highest BCUT2D eigenvalue weighted by molar-refractivity contribution is 5.15. The van der Waals surface area contributed by atoms with Crippen LogP contribution in [0.1, 0.15) is 18.9 Å². The molecule has 0 unspecified atom stereocenters. The van der Waals surface area contributed by atoms with E-state index in [0.717, 1.165) is 12.8 Å². The fraction of sp³-hybridized carbons (Fsp3) is 0.333. The van der Waals surface area contributed by atoms with E-state index in [-0.39, 0.29) is 5.82 Å². The van der Waals surface area contributed by atoms with Crippen molar-refractivity contribution < 1.29 is 4.39 Å². The quantitative estimate of drug-likeness (QED) is 0.588. The molecule has 1 aromatic rings. The van der Waals surface area contributed by atoms with E-state index in [1.807, 2.05) is 12.1 Å². The van der Waals surface area contributed by atoms with Crippen LogP contribution in [0.4, 0.5) is 4.39 Å². The fourth-order valence-electron chi connectivity index (χ4n) is 0.940.